The fraction of sp³-hybridized carbons (Fsp3) is 0.400. The molecular formula is C20H22F2N6O4S. The number of aliphatic imine (C=N–C) groups is 1. The molecule has 0 saturated heterocycles. The maximum atomic E-state index is 15.0. The number of amides is 1. The van der Waals surface area contributed by atoms with E-state index in [4.69, 9.17) is 10.5 Å². The Morgan fingerprint density at radius 1 is 1.30 bits per heavy atom. The van der Waals surface area contributed by atoms with Crippen LogP contribution in [0.3, 0.4) is 0 Å². The Hall–Kier alpha value is -3.35. The highest BCUT2D eigenvalue weighted by Crippen LogP contribution is 2.60. The molecule has 2 aliphatic rings. The first-order valence-corrected chi connectivity index (χ1v) is 11.5. The van der Waals surface area contributed by atoms with Gasteiger partial charge in [-0.2, -0.15) is 0 Å². The number of halogens is 2. The molecule has 2 heterocycles. The Morgan fingerprint density at radius 3 is 2.64 bits per heavy atom. The summed E-state index contributed by atoms with van der Waals surface area (Å²) in [7, 11) is -2.55. The number of hydrogen-bond donors (Lipinski definition) is 2. The first kappa shape index (κ1) is 22.8. The van der Waals surface area contributed by atoms with Gasteiger partial charge in [-0.3, -0.25) is 4.79 Å². The minimum absolute atomic E-state index is 0.00141. The summed E-state index contributed by atoms with van der Waals surface area (Å²) in [5.74, 6) is -1.49. The lowest BCUT2D eigenvalue weighted by molar-refractivity contribution is 0.102. The van der Waals surface area contributed by atoms with Crippen molar-refractivity contribution >= 4 is 27.6 Å². The Kier molecular flexibility index (Phi) is 5.47. The second-order valence-corrected chi connectivity index (χ2v) is 10.2. The molecule has 2 aromatic rings. The van der Waals surface area contributed by atoms with Gasteiger partial charge < -0.3 is 15.8 Å². The summed E-state index contributed by atoms with van der Waals surface area (Å²) < 4.78 is 57.9. The molecule has 1 aromatic heterocycles. The molecule has 1 atom stereocenters. The molecule has 13 heteroatoms. The van der Waals surface area contributed by atoms with E-state index in [1.807, 2.05) is 0 Å². The van der Waals surface area contributed by atoms with Crippen LogP contribution in [-0.2, 0) is 15.6 Å². The van der Waals surface area contributed by atoms with Crippen LogP contribution in [0.25, 0.3) is 0 Å². The average Bonchev–Trinajstić information content (AvgIpc) is 3.61. The summed E-state index contributed by atoms with van der Waals surface area (Å²) in [5.41, 5.74) is 4.53. The van der Waals surface area contributed by atoms with Crippen molar-refractivity contribution in [2.75, 3.05) is 25.6 Å². The van der Waals surface area contributed by atoms with E-state index in [0.717, 1.165) is 16.6 Å². The van der Waals surface area contributed by atoms with Gasteiger partial charge in [0.1, 0.15) is 35.1 Å². The van der Waals surface area contributed by atoms with Gasteiger partial charge in [0.15, 0.2) is 0 Å². The van der Waals surface area contributed by atoms with Crippen molar-refractivity contribution in [3.05, 3.63) is 47.7 Å². The quantitative estimate of drug-likeness (QED) is 0.639. The molecule has 1 amide bonds. The van der Waals surface area contributed by atoms with Crippen LogP contribution in [0.4, 0.5) is 14.5 Å². The Bertz CT molecular complexity index is 1230. The van der Waals surface area contributed by atoms with E-state index in [1.54, 1.807) is 0 Å². The van der Waals surface area contributed by atoms with Gasteiger partial charge in [-0.15, -0.1) is 0 Å². The normalized spacial score (nSPS) is 22.5. The van der Waals surface area contributed by atoms with Crippen LogP contribution < -0.4 is 15.8 Å². The molecular weight excluding hydrogens is 458 g/mol. The molecule has 33 heavy (non-hydrogen) atoms. The van der Waals surface area contributed by atoms with Gasteiger partial charge in [-0.1, -0.05) is 0 Å². The van der Waals surface area contributed by atoms with Crippen molar-refractivity contribution in [1.82, 2.24) is 14.3 Å². The zero-order valence-electron chi connectivity index (χ0n) is 17.9. The third-order valence-electron chi connectivity index (χ3n) is 6.04. The number of ether oxygens (including phenoxy) is 1. The van der Waals surface area contributed by atoms with Crippen LogP contribution in [0.5, 0.6) is 5.88 Å². The molecule has 1 fully saturated rings. The van der Waals surface area contributed by atoms with Crippen LogP contribution in [0.2, 0.25) is 0 Å². The summed E-state index contributed by atoms with van der Waals surface area (Å²) in [6.07, 6.45) is 2.94. The molecule has 0 bridgehead atoms. The van der Waals surface area contributed by atoms with E-state index in [9.17, 15) is 22.0 Å². The molecule has 1 aromatic carbocycles. The first-order chi connectivity index (χ1) is 15.6. The Morgan fingerprint density at radius 2 is 2.03 bits per heavy atom. The van der Waals surface area contributed by atoms with Gasteiger partial charge in [-0.05, 0) is 38.0 Å². The van der Waals surface area contributed by atoms with Crippen molar-refractivity contribution in [1.29, 1.82) is 0 Å². The van der Waals surface area contributed by atoms with E-state index in [2.05, 4.69) is 20.3 Å². The Labute approximate surface area is 188 Å². The number of sulfonamides is 1. The fourth-order valence-corrected chi connectivity index (χ4v) is 6.11. The van der Waals surface area contributed by atoms with Crippen LogP contribution in [-0.4, -0.2) is 59.6 Å². The first-order valence-electron chi connectivity index (χ1n) is 10.0. The minimum atomic E-state index is -3.87. The van der Waals surface area contributed by atoms with Crippen molar-refractivity contribution in [2.24, 2.45) is 10.7 Å². The zero-order valence-corrected chi connectivity index (χ0v) is 18.7. The molecule has 176 valence electrons. The minimum Gasteiger partial charge on any atom is -0.474 e. The van der Waals surface area contributed by atoms with E-state index in [-0.39, 0.29) is 35.4 Å². The summed E-state index contributed by atoms with van der Waals surface area (Å²) in [4.78, 5) is 24.7. The lowest BCUT2D eigenvalue weighted by Gasteiger charge is -2.42. The highest BCUT2D eigenvalue weighted by molar-refractivity contribution is 7.91. The monoisotopic (exact) mass is 480 g/mol. The Balaban J connectivity index is 1.64. The van der Waals surface area contributed by atoms with Gasteiger partial charge in [0.05, 0.1) is 12.4 Å². The van der Waals surface area contributed by atoms with Gasteiger partial charge in [-0.25, -0.2) is 36.5 Å². The summed E-state index contributed by atoms with van der Waals surface area (Å²) in [6.45, 7) is 0.657. The molecule has 1 aliphatic heterocycles. The molecule has 1 saturated carbocycles. The lowest BCUT2D eigenvalue weighted by Crippen LogP contribution is -2.58. The third-order valence-corrected chi connectivity index (χ3v) is 8.74. The van der Waals surface area contributed by atoms with Crippen molar-refractivity contribution in [3.8, 4) is 5.88 Å². The molecule has 1 unspecified atom stereocenters. The summed E-state index contributed by atoms with van der Waals surface area (Å²) in [6, 6.07) is 3.81. The number of carbonyl (C=O) groups excluding carboxylic acids is 1. The lowest BCUT2D eigenvalue weighted by atomic mass is 9.86. The van der Waals surface area contributed by atoms with E-state index in [0.29, 0.717) is 12.8 Å². The average molecular weight is 480 g/mol. The summed E-state index contributed by atoms with van der Waals surface area (Å²) in [5, 5.41) is 2.58. The number of carbonyl (C=O) groups is 1. The van der Waals surface area contributed by atoms with Crippen molar-refractivity contribution < 1.29 is 26.7 Å². The maximum absolute atomic E-state index is 15.0. The largest absolute Gasteiger partial charge is 0.474 e. The number of aromatic nitrogens is 2. The van der Waals surface area contributed by atoms with Crippen LogP contribution >= 0.6 is 0 Å². The number of nitrogens with one attached hydrogen (secondary N) is 1. The number of hydrogen-bond acceptors (Lipinski definition) is 8. The molecule has 10 nitrogen and oxygen atoms in total. The highest BCUT2D eigenvalue weighted by Gasteiger charge is 2.70. The van der Waals surface area contributed by atoms with Crippen LogP contribution in [0.15, 0.2) is 35.6 Å². The standard InChI is InChI=1S/C20H22F2N6O4S/c1-19(20(5-6-20)33(30,31)28(2)18(23)27-19)13-9-12(3-4-14(13)22)26-17(29)15-10-25-16(11-24-15)32-8-7-21/h3-4,9-11H,5-8H2,1-2H3,(H2,23,27)(H,26,29). The molecule has 3 N–H and O–H groups in total. The third kappa shape index (κ3) is 3.56. The number of alkyl halides is 1. The van der Waals surface area contributed by atoms with Crippen molar-refractivity contribution in [2.45, 2.75) is 30.1 Å². The summed E-state index contributed by atoms with van der Waals surface area (Å²) >= 11 is 0. The molecule has 1 spiro atoms. The number of rotatable bonds is 6. The smallest absolute Gasteiger partial charge is 0.275 e. The second-order valence-electron chi connectivity index (χ2n) is 7.94. The van der Waals surface area contributed by atoms with Gasteiger partial charge in [0.25, 0.3) is 5.91 Å². The maximum Gasteiger partial charge on any atom is 0.275 e. The molecule has 4 rings (SSSR count). The highest BCUT2D eigenvalue weighted by atomic mass is 32.2. The molecule has 1 aliphatic carbocycles. The van der Waals surface area contributed by atoms with Crippen LogP contribution in [0.1, 0.15) is 35.8 Å². The number of anilines is 1. The van der Waals surface area contributed by atoms with Gasteiger partial charge in [0.2, 0.25) is 21.9 Å². The van der Waals surface area contributed by atoms with Gasteiger partial charge in [0, 0.05) is 18.3 Å². The SMILES string of the molecule is CN1C(N)=NC(C)(c2cc(NC(=O)c3cnc(OCCF)cn3)ccc2F)C2(CC2)S1(=O)=O. The number of benzene rings is 1. The van der Waals surface area contributed by atoms with Gasteiger partial charge >= 0.3 is 0 Å². The predicted octanol–water partition coefficient (Wildman–Crippen LogP) is 1.55. The second kappa shape index (κ2) is 7.90. The van der Waals surface area contributed by atoms with Crippen molar-refractivity contribution in [3.63, 3.8) is 0 Å². The van der Waals surface area contributed by atoms with Crippen LogP contribution in [0, 0.1) is 5.82 Å². The van der Waals surface area contributed by atoms with E-state index >= 15 is 0 Å². The molecule has 0 radical (unpaired) electrons. The number of nitrogens with two attached hydrogens (primary N) is 1. The van der Waals surface area contributed by atoms with E-state index in [1.165, 1.54) is 32.3 Å². The topological polar surface area (TPSA) is 140 Å². The fourth-order valence-electron chi connectivity index (χ4n) is 4.02. The van der Waals surface area contributed by atoms with E-state index < -0.39 is 38.7 Å². The zero-order chi connectivity index (χ0) is 24.0. The predicted molar refractivity (Wildman–Crippen MR) is 115 cm³/mol. The number of nitrogens with zero attached hydrogens (tertiary/aromatic N) is 4. The number of guanidine groups is 1.